The summed E-state index contributed by atoms with van der Waals surface area (Å²) in [6.07, 6.45) is 10.9. The second kappa shape index (κ2) is 6.97. The highest BCUT2D eigenvalue weighted by Crippen LogP contribution is 2.28. The van der Waals surface area contributed by atoms with Crippen molar-refractivity contribution in [3.63, 3.8) is 0 Å². The van der Waals surface area contributed by atoms with Crippen molar-refractivity contribution in [1.82, 2.24) is 0 Å². The van der Waals surface area contributed by atoms with Gasteiger partial charge in [-0.3, -0.25) is 0 Å². The largest absolute Gasteiger partial charge is 0.151 e. The Kier molecular flexibility index (Phi) is 5.81. The van der Waals surface area contributed by atoms with E-state index in [1.165, 1.54) is 44.9 Å². The molecule has 1 aliphatic rings. The Bertz CT molecular complexity index is 152. The van der Waals surface area contributed by atoms with Crippen LogP contribution in [0.2, 0.25) is 0 Å². The van der Waals surface area contributed by atoms with Crippen molar-refractivity contribution in [2.24, 2.45) is 17.0 Å². The first-order valence-electron chi connectivity index (χ1n) is 6.12. The summed E-state index contributed by atoms with van der Waals surface area (Å²) in [6.45, 7) is 2.75. The molecule has 0 aromatic heterocycles. The molecule has 0 bridgehead atoms. The monoisotopic (exact) mass is 197 g/mol. The third-order valence-corrected chi connectivity index (χ3v) is 3.51. The first-order valence-corrected chi connectivity index (χ1v) is 6.12. The molecule has 1 rings (SSSR count). The third-order valence-electron chi connectivity index (χ3n) is 3.51. The lowest BCUT2D eigenvalue weighted by molar-refractivity contribution is 0.309. The van der Waals surface area contributed by atoms with Gasteiger partial charge >= 0.3 is 0 Å². The fourth-order valence-corrected chi connectivity index (χ4v) is 2.41. The Morgan fingerprint density at radius 3 is 2.57 bits per heavy atom. The van der Waals surface area contributed by atoms with Gasteiger partial charge in [0.2, 0.25) is 0 Å². The van der Waals surface area contributed by atoms with Gasteiger partial charge in [0.1, 0.15) is 0 Å². The molecular formula is C12H23NO. The zero-order valence-electron chi connectivity index (χ0n) is 9.37. The van der Waals surface area contributed by atoms with Crippen LogP contribution in [0.1, 0.15) is 58.3 Å². The summed E-state index contributed by atoms with van der Waals surface area (Å²) in [5.74, 6) is 1.67. The molecule has 1 atom stereocenters. The van der Waals surface area contributed by atoms with Gasteiger partial charge in [-0.2, -0.15) is 4.91 Å². The van der Waals surface area contributed by atoms with Gasteiger partial charge < -0.3 is 0 Å². The molecule has 1 unspecified atom stereocenters. The van der Waals surface area contributed by atoms with Crippen LogP contribution in [0.15, 0.2) is 5.18 Å². The molecule has 2 heteroatoms. The maximum Gasteiger partial charge on any atom is 0.0813 e. The molecule has 0 radical (unpaired) electrons. The van der Waals surface area contributed by atoms with E-state index in [1.807, 2.05) is 0 Å². The first-order chi connectivity index (χ1) is 6.83. The summed E-state index contributed by atoms with van der Waals surface area (Å²) in [7, 11) is 0. The zero-order chi connectivity index (χ0) is 10.2. The summed E-state index contributed by atoms with van der Waals surface area (Å²) < 4.78 is 0. The third kappa shape index (κ3) is 4.73. The van der Waals surface area contributed by atoms with Crippen LogP contribution in [0.4, 0.5) is 0 Å². The average molecular weight is 197 g/mol. The molecule has 1 saturated carbocycles. The molecule has 82 valence electrons. The van der Waals surface area contributed by atoms with E-state index < -0.39 is 0 Å². The molecule has 0 N–H and O–H groups in total. The van der Waals surface area contributed by atoms with Gasteiger partial charge in [0.05, 0.1) is 6.54 Å². The number of nitrogens with zero attached hydrogens (tertiary/aromatic N) is 1. The predicted octanol–water partition coefficient (Wildman–Crippen LogP) is 4.14. The summed E-state index contributed by atoms with van der Waals surface area (Å²) in [5, 5.41) is 2.92. The van der Waals surface area contributed by atoms with Crippen LogP contribution < -0.4 is 0 Å². The quantitative estimate of drug-likeness (QED) is 0.588. The van der Waals surface area contributed by atoms with Gasteiger partial charge in [0, 0.05) is 0 Å². The molecule has 0 aliphatic heterocycles. The van der Waals surface area contributed by atoms with Crippen LogP contribution in [0, 0.1) is 16.7 Å². The minimum Gasteiger partial charge on any atom is -0.151 e. The van der Waals surface area contributed by atoms with E-state index in [1.54, 1.807) is 0 Å². The van der Waals surface area contributed by atoms with E-state index in [9.17, 15) is 4.91 Å². The van der Waals surface area contributed by atoms with Gasteiger partial charge in [-0.05, 0) is 18.3 Å². The Morgan fingerprint density at radius 1 is 1.21 bits per heavy atom. The molecular weight excluding hydrogens is 174 g/mol. The Hall–Kier alpha value is -0.400. The number of rotatable bonds is 6. The highest BCUT2D eigenvalue weighted by Gasteiger charge is 2.14. The second-order valence-electron chi connectivity index (χ2n) is 4.83. The van der Waals surface area contributed by atoms with E-state index in [0.29, 0.717) is 12.5 Å². The second-order valence-corrected chi connectivity index (χ2v) is 4.83. The van der Waals surface area contributed by atoms with Crippen LogP contribution >= 0.6 is 0 Å². The van der Waals surface area contributed by atoms with Crippen molar-refractivity contribution in [3.05, 3.63) is 4.91 Å². The van der Waals surface area contributed by atoms with Crippen LogP contribution in [0.5, 0.6) is 0 Å². The van der Waals surface area contributed by atoms with E-state index in [4.69, 9.17) is 0 Å². The van der Waals surface area contributed by atoms with Crippen LogP contribution in [-0.2, 0) is 0 Å². The van der Waals surface area contributed by atoms with Crippen LogP contribution in [0.3, 0.4) is 0 Å². The highest BCUT2D eigenvalue weighted by molar-refractivity contribution is 4.67. The Labute approximate surface area is 87.4 Å². The number of hydrogen-bond acceptors (Lipinski definition) is 2. The standard InChI is InChI=1S/C12H23NO/c1-11(9-10-13-14)7-8-12-5-3-2-4-6-12/h11-12H,2-10H2,1H3. The molecule has 0 saturated heterocycles. The smallest absolute Gasteiger partial charge is 0.0813 e. The van der Waals surface area contributed by atoms with Crippen molar-refractivity contribution in [1.29, 1.82) is 0 Å². The summed E-state index contributed by atoms with van der Waals surface area (Å²) in [5.41, 5.74) is 0. The molecule has 14 heavy (non-hydrogen) atoms. The van der Waals surface area contributed by atoms with Gasteiger partial charge in [0.15, 0.2) is 0 Å². The van der Waals surface area contributed by atoms with Crippen molar-refractivity contribution < 1.29 is 0 Å². The van der Waals surface area contributed by atoms with E-state index >= 15 is 0 Å². The molecule has 0 spiro atoms. The van der Waals surface area contributed by atoms with Gasteiger partial charge in [0.25, 0.3) is 0 Å². The van der Waals surface area contributed by atoms with Gasteiger partial charge in [-0.1, -0.05) is 57.0 Å². The molecule has 0 heterocycles. The van der Waals surface area contributed by atoms with E-state index in [0.717, 1.165) is 12.3 Å². The van der Waals surface area contributed by atoms with Crippen LogP contribution in [0.25, 0.3) is 0 Å². The zero-order valence-corrected chi connectivity index (χ0v) is 9.37. The first kappa shape index (κ1) is 11.7. The fourth-order valence-electron chi connectivity index (χ4n) is 2.41. The maximum absolute atomic E-state index is 9.97. The van der Waals surface area contributed by atoms with E-state index in [2.05, 4.69) is 12.1 Å². The van der Waals surface area contributed by atoms with Crippen molar-refractivity contribution in [2.45, 2.75) is 58.3 Å². The normalized spacial score (nSPS) is 20.6. The van der Waals surface area contributed by atoms with Crippen molar-refractivity contribution >= 4 is 0 Å². The minimum atomic E-state index is 0.506. The highest BCUT2D eigenvalue weighted by atomic mass is 16.3. The Balaban J connectivity index is 2.03. The van der Waals surface area contributed by atoms with Crippen LogP contribution in [-0.4, -0.2) is 6.54 Å². The van der Waals surface area contributed by atoms with Crippen molar-refractivity contribution in [3.8, 4) is 0 Å². The lowest BCUT2D eigenvalue weighted by atomic mass is 9.84. The van der Waals surface area contributed by atoms with E-state index in [-0.39, 0.29) is 0 Å². The van der Waals surface area contributed by atoms with Crippen molar-refractivity contribution in [2.75, 3.05) is 6.54 Å². The molecule has 0 amide bonds. The molecule has 2 nitrogen and oxygen atoms in total. The molecule has 1 fully saturated rings. The summed E-state index contributed by atoms with van der Waals surface area (Å²) >= 11 is 0. The minimum absolute atomic E-state index is 0.506. The predicted molar refractivity (Wildman–Crippen MR) is 60.3 cm³/mol. The maximum atomic E-state index is 9.97. The summed E-state index contributed by atoms with van der Waals surface area (Å²) in [4.78, 5) is 9.97. The number of nitroso groups, excluding NO2 is 1. The molecule has 0 aromatic carbocycles. The molecule has 1 aliphatic carbocycles. The Morgan fingerprint density at radius 2 is 1.93 bits per heavy atom. The average Bonchev–Trinajstić information content (AvgIpc) is 2.25. The van der Waals surface area contributed by atoms with Gasteiger partial charge in [-0.25, -0.2) is 0 Å². The fraction of sp³-hybridized carbons (Fsp3) is 1.00. The summed E-state index contributed by atoms with van der Waals surface area (Å²) in [6, 6.07) is 0. The van der Waals surface area contributed by atoms with Gasteiger partial charge in [-0.15, -0.1) is 0 Å². The molecule has 0 aromatic rings. The SMILES string of the molecule is CC(CCN=O)CCC1CCCCC1. The topological polar surface area (TPSA) is 29.4 Å². The number of hydrogen-bond donors (Lipinski definition) is 0. The lowest BCUT2D eigenvalue weighted by Crippen LogP contribution is -2.08. The lowest BCUT2D eigenvalue weighted by Gasteiger charge is -2.22.